The number of hydrogen-bond acceptors (Lipinski definition) is 7. The Morgan fingerprint density at radius 2 is 1.64 bits per heavy atom. The van der Waals surface area contributed by atoms with Crippen molar-refractivity contribution in [3.05, 3.63) is 81.7 Å². The smallest absolute Gasteiger partial charge is 0.489 e. The number of carbonyl (C=O) groups is 1. The number of alkyl halides is 1. The van der Waals surface area contributed by atoms with Gasteiger partial charge in [0.1, 0.15) is 34.4 Å². The van der Waals surface area contributed by atoms with E-state index in [-0.39, 0.29) is 23.7 Å². The molecule has 4 aromatic rings. The van der Waals surface area contributed by atoms with Gasteiger partial charge in [0, 0.05) is 34.8 Å². The molecule has 42 heavy (non-hydrogen) atoms. The van der Waals surface area contributed by atoms with Crippen LogP contribution >= 0.6 is 19.2 Å². The number of benzene rings is 3. The van der Waals surface area contributed by atoms with Crippen molar-refractivity contribution in [2.75, 3.05) is 13.1 Å². The van der Waals surface area contributed by atoms with Crippen LogP contribution in [-0.4, -0.2) is 51.9 Å². The summed E-state index contributed by atoms with van der Waals surface area (Å²) in [5, 5.41) is 0.612. The lowest BCUT2D eigenvalue weighted by molar-refractivity contribution is 0.103. The first-order valence-corrected chi connectivity index (χ1v) is 16.1. The average Bonchev–Trinajstić information content (AvgIpc) is 3.29. The predicted octanol–water partition coefficient (Wildman–Crippen LogP) is 6.88. The Hall–Kier alpha value is -3.27. The van der Waals surface area contributed by atoms with Crippen LogP contribution in [0, 0.1) is 20.8 Å². The number of ketones is 1. The van der Waals surface area contributed by atoms with Gasteiger partial charge in [-0.1, -0.05) is 17.7 Å². The second-order valence-electron chi connectivity index (χ2n) is 11.0. The van der Waals surface area contributed by atoms with Crippen molar-refractivity contribution in [1.82, 2.24) is 4.90 Å². The summed E-state index contributed by atoms with van der Waals surface area (Å²) in [6.07, 6.45) is 0.746. The Morgan fingerprint density at radius 3 is 2.29 bits per heavy atom. The normalized spacial score (nSPS) is 20.6. The van der Waals surface area contributed by atoms with E-state index in [9.17, 15) is 23.5 Å². The van der Waals surface area contributed by atoms with Gasteiger partial charge in [-0.05, 0) is 87.2 Å². The third-order valence-corrected chi connectivity index (χ3v) is 9.20. The first kappa shape index (κ1) is 28.8. The van der Waals surface area contributed by atoms with Crippen LogP contribution in [0.5, 0.6) is 23.0 Å². The minimum absolute atomic E-state index is 0.000148. The first-order chi connectivity index (χ1) is 19.9. The van der Waals surface area contributed by atoms with Crippen LogP contribution in [0.2, 0.25) is 0 Å². The fourth-order valence-corrected chi connectivity index (χ4v) is 7.22. The SMILES string of the molecule is Cc1cc(C)c(C(=O)c2sc3cc(OP(=O)(O)O)ccc3c2Oc2ccc(O[C@H]3CCN(C4CC4F)C3)cc2)c(C)c1. The number of carbonyl (C=O) groups excluding carboxylic acids is 1. The van der Waals surface area contributed by atoms with Crippen LogP contribution in [0.15, 0.2) is 54.6 Å². The molecule has 2 heterocycles. The molecule has 0 bridgehead atoms. The van der Waals surface area contributed by atoms with Gasteiger partial charge in [-0.3, -0.25) is 19.5 Å². The Morgan fingerprint density at radius 1 is 1.00 bits per heavy atom. The van der Waals surface area contributed by atoms with Crippen molar-refractivity contribution in [3.63, 3.8) is 0 Å². The quantitative estimate of drug-likeness (QED) is 0.156. The lowest BCUT2D eigenvalue weighted by Crippen LogP contribution is -2.28. The fourth-order valence-electron chi connectivity index (χ4n) is 5.73. The third kappa shape index (κ3) is 6.09. The highest BCUT2D eigenvalue weighted by Crippen LogP contribution is 2.46. The molecule has 1 saturated heterocycles. The second kappa shape index (κ2) is 11.1. The van der Waals surface area contributed by atoms with Crippen LogP contribution in [-0.2, 0) is 4.57 Å². The number of ether oxygens (including phenoxy) is 2. The molecule has 2 aliphatic rings. The van der Waals surface area contributed by atoms with Gasteiger partial charge in [-0.15, -0.1) is 11.3 Å². The molecule has 1 aliphatic carbocycles. The van der Waals surface area contributed by atoms with E-state index in [1.807, 2.05) is 45.0 Å². The molecule has 2 unspecified atom stereocenters. The largest absolute Gasteiger partial charge is 0.524 e. The minimum Gasteiger partial charge on any atom is -0.489 e. The maximum atomic E-state index is 14.0. The molecule has 6 rings (SSSR count). The molecule has 3 atom stereocenters. The molecule has 1 aliphatic heterocycles. The molecule has 8 nitrogen and oxygen atoms in total. The lowest BCUT2D eigenvalue weighted by Gasteiger charge is -2.16. The van der Waals surface area contributed by atoms with E-state index >= 15 is 0 Å². The number of likely N-dealkylation sites (tertiary alicyclic amines) is 1. The molecule has 2 N–H and O–H groups in total. The van der Waals surface area contributed by atoms with Crippen LogP contribution in [0.1, 0.15) is 44.8 Å². The number of hydrogen-bond donors (Lipinski definition) is 2. The number of nitrogens with zero attached hydrogens (tertiary/aromatic N) is 1. The number of halogens is 1. The Bertz CT molecular complexity index is 1690. The number of rotatable bonds is 9. The molecular weight excluding hydrogens is 580 g/mol. The first-order valence-electron chi connectivity index (χ1n) is 13.7. The maximum Gasteiger partial charge on any atom is 0.524 e. The predicted molar refractivity (Wildman–Crippen MR) is 159 cm³/mol. The molecule has 3 aromatic carbocycles. The van der Waals surface area contributed by atoms with E-state index in [4.69, 9.17) is 14.0 Å². The van der Waals surface area contributed by atoms with Gasteiger partial charge >= 0.3 is 7.82 Å². The van der Waals surface area contributed by atoms with Crippen molar-refractivity contribution in [2.45, 2.75) is 51.9 Å². The molecule has 1 aromatic heterocycles. The maximum absolute atomic E-state index is 14.0. The van der Waals surface area contributed by atoms with Crippen LogP contribution in [0.3, 0.4) is 0 Å². The van der Waals surface area contributed by atoms with Gasteiger partial charge in [0.2, 0.25) is 5.78 Å². The summed E-state index contributed by atoms with van der Waals surface area (Å²) in [7, 11) is -4.76. The number of phosphoric acid groups is 1. The molecule has 220 valence electrons. The molecule has 1 saturated carbocycles. The molecule has 2 fully saturated rings. The van der Waals surface area contributed by atoms with Crippen molar-refractivity contribution < 1.29 is 37.5 Å². The van der Waals surface area contributed by atoms with Crippen molar-refractivity contribution in [1.29, 1.82) is 0 Å². The standard InChI is InChI=1S/C31H31FNO7PS/c1-17-12-18(2)28(19(3)13-17)29(34)31-30(24-9-8-22(14-27(24)42-31)40-41(35,36)37)39-21-6-4-20(5-7-21)38-23-10-11-33(16-23)26-15-25(26)32/h4-9,12-14,23,25-26H,10-11,15-16H2,1-3H3,(H2,35,36,37)/t23-,25?,26?/m0/s1. The number of thiophene rings is 1. The highest BCUT2D eigenvalue weighted by Gasteiger charge is 2.45. The number of aryl methyl sites for hydroxylation is 3. The summed E-state index contributed by atoms with van der Waals surface area (Å²) in [5.41, 5.74) is 3.34. The van der Waals surface area contributed by atoms with Crippen molar-refractivity contribution in [3.8, 4) is 23.0 Å². The van der Waals surface area contributed by atoms with Crippen LogP contribution in [0.25, 0.3) is 10.1 Å². The van der Waals surface area contributed by atoms with E-state index in [0.29, 0.717) is 50.7 Å². The Kier molecular flexibility index (Phi) is 7.62. The second-order valence-corrected chi connectivity index (χ2v) is 13.2. The van der Waals surface area contributed by atoms with E-state index in [0.717, 1.165) is 29.7 Å². The van der Waals surface area contributed by atoms with Gasteiger partial charge in [0.25, 0.3) is 0 Å². The van der Waals surface area contributed by atoms with E-state index in [1.165, 1.54) is 23.5 Å². The van der Waals surface area contributed by atoms with Gasteiger partial charge in [0.05, 0.1) is 0 Å². The average molecular weight is 612 g/mol. The Balaban J connectivity index is 1.29. The number of fused-ring (bicyclic) bond motifs is 1. The molecule has 0 amide bonds. The van der Waals surface area contributed by atoms with Crippen molar-refractivity contribution >= 4 is 35.0 Å². The zero-order valence-electron chi connectivity index (χ0n) is 23.4. The van der Waals surface area contributed by atoms with Crippen molar-refractivity contribution in [2.24, 2.45) is 0 Å². The monoisotopic (exact) mass is 611 g/mol. The Labute approximate surface area is 246 Å². The number of phosphoric ester groups is 1. The molecule has 0 spiro atoms. The summed E-state index contributed by atoms with van der Waals surface area (Å²) in [4.78, 5) is 35.0. The van der Waals surface area contributed by atoms with E-state index in [2.05, 4.69) is 4.90 Å². The summed E-state index contributed by atoms with van der Waals surface area (Å²) in [6, 6.07) is 15.7. The van der Waals surface area contributed by atoms with Gasteiger partial charge in [-0.2, -0.15) is 0 Å². The minimum atomic E-state index is -4.76. The van der Waals surface area contributed by atoms with E-state index < -0.39 is 14.0 Å². The fraction of sp³-hybridized carbons (Fsp3) is 0.323. The van der Waals surface area contributed by atoms with Gasteiger partial charge in [0.15, 0.2) is 5.75 Å². The molecule has 11 heteroatoms. The highest BCUT2D eigenvalue weighted by molar-refractivity contribution is 7.46. The zero-order chi connectivity index (χ0) is 29.8. The summed E-state index contributed by atoms with van der Waals surface area (Å²) >= 11 is 1.18. The van der Waals surface area contributed by atoms with Gasteiger partial charge in [-0.25, -0.2) is 8.96 Å². The summed E-state index contributed by atoms with van der Waals surface area (Å²) in [5.74, 6) is 1.32. The zero-order valence-corrected chi connectivity index (χ0v) is 25.1. The van der Waals surface area contributed by atoms with Gasteiger partial charge < -0.3 is 14.0 Å². The van der Waals surface area contributed by atoms with Crippen LogP contribution in [0.4, 0.5) is 4.39 Å². The third-order valence-electron chi connectivity index (χ3n) is 7.62. The lowest BCUT2D eigenvalue weighted by atomic mass is 9.95. The highest BCUT2D eigenvalue weighted by atomic mass is 32.1. The summed E-state index contributed by atoms with van der Waals surface area (Å²) in [6.45, 7) is 7.32. The van der Waals surface area contributed by atoms with E-state index in [1.54, 1.807) is 18.2 Å². The topological polar surface area (TPSA) is 106 Å². The molecular formula is C31H31FNO7PS. The summed E-state index contributed by atoms with van der Waals surface area (Å²) < 4.78 is 42.7. The molecule has 0 radical (unpaired) electrons. The van der Waals surface area contributed by atoms with Crippen LogP contribution < -0.4 is 14.0 Å².